The van der Waals surface area contributed by atoms with Crippen molar-refractivity contribution >= 4 is 22.8 Å². The third-order valence-corrected chi connectivity index (χ3v) is 2.82. The van der Waals surface area contributed by atoms with Crippen LogP contribution in [0.2, 0.25) is 0 Å². The second-order valence-corrected chi connectivity index (χ2v) is 4.01. The number of urea groups is 1. The molecule has 5 heteroatoms. The Labute approximate surface area is 112 Å². The van der Waals surface area contributed by atoms with Gasteiger partial charge in [-0.15, -0.1) is 0 Å². The van der Waals surface area contributed by atoms with Crippen molar-refractivity contribution in [2.24, 2.45) is 5.73 Å². The molecular formula is C14H17N3O2. The summed E-state index contributed by atoms with van der Waals surface area (Å²) in [5.41, 5.74) is 6.13. The number of hydrogen-bond acceptors (Lipinski definition) is 3. The van der Waals surface area contributed by atoms with E-state index in [-0.39, 0.29) is 0 Å². The van der Waals surface area contributed by atoms with E-state index in [0.29, 0.717) is 24.7 Å². The zero-order valence-electron chi connectivity index (χ0n) is 11.1. The van der Waals surface area contributed by atoms with Gasteiger partial charge in [-0.25, -0.2) is 9.78 Å². The molecule has 2 amide bonds. The Hall–Kier alpha value is -2.30. The molecule has 0 aliphatic heterocycles. The van der Waals surface area contributed by atoms with Crippen LogP contribution in [0.15, 0.2) is 30.3 Å². The lowest BCUT2D eigenvalue weighted by Gasteiger charge is -2.19. The van der Waals surface area contributed by atoms with Crippen molar-refractivity contribution in [2.45, 2.75) is 13.8 Å². The van der Waals surface area contributed by atoms with Gasteiger partial charge in [0.2, 0.25) is 0 Å². The van der Waals surface area contributed by atoms with Crippen LogP contribution in [0.25, 0.3) is 10.9 Å². The molecule has 19 heavy (non-hydrogen) atoms. The number of nitrogens with zero attached hydrogens (tertiary/aromatic N) is 2. The molecule has 0 saturated heterocycles. The number of pyridine rings is 1. The number of para-hydroxylation sites is 1. The number of amides is 2. The molecule has 0 aliphatic rings. The lowest BCUT2D eigenvalue weighted by atomic mass is 10.2. The number of primary amides is 1. The second kappa shape index (κ2) is 5.56. The Morgan fingerprint density at radius 1 is 1.37 bits per heavy atom. The van der Waals surface area contributed by atoms with Crippen LogP contribution in [-0.2, 0) is 0 Å². The summed E-state index contributed by atoms with van der Waals surface area (Å²) in [6, 6.07) is 8.88. The number of benzene rings is 1. The van der Waals surface area contributed by atoms with E-state index in [9.17, 15) is 4.79 Å². The molecule has 0 spiro atoms. The average molecular weight is 259 g/mol. The van der Waals surface area contributed by atoms with Crippen molar-refractivity contribution in [3.63, 3.8) is 0 Å². The van der Waals surface area contributed by atoms with Gasteiger partial charge in [0.25, 0.3) is 0 Å². The van der Waals surface area contributed by atoms with E-state index in [4.69, 9.17) is 10.5 Å². The van der Waals surface area contributed by atoms with Gasteiger partial charge in [-0.1, -0.05) is 12.1 Å². The third-order valence-electron chi connectivity index (χ3n) is 2.82. The van der Waals surface area contributed by atoms with Gasteiger partial charge in [-0.05, 0) is 26.0 Å². The molecule has 0 aliphatic carbocycles. The van der Waals surface area contributed by atoms with E-state index in [1.165, 1.54) is 4.90 Å². The highest BCUT2D eigenvalue weighted by atomic mass is 16.5. The molecule has 2 aromatic rings. The van der Waals surface area contributed by atoms with Gasteiger partial charge in [0.1, 0.15) is 11.6 Å². The SMILES string of the molecule is CCOc1cc(N(CC)C(N)=O)nc2ccccc12. The Balaban J connectivity index is 2.60. The van der Waals surface area contributed by atoms with E-state index < -0.39 is 6.03 Å². The minimum Gasteiger partial charge on any atom is -0.493 e. The second-order valence-electron chi connectivity index (χ2n) is 4.01. The first kappa shape index (κ1) is 13.1. The number of fused-ring (bicyclic) bond motifs is 1. The van der Waals surface area contributed by atoms with Crippen LogP contribution in [0.1, 0.15) is 13.8 Å². The maximum absolute atomic E-state index is 11.4. The fourth-order valence-electron chi connectivity index (χ4n) is 1.97. The Bertz CT molecular complexity index is 598. The minimum absolute atomic E-state index is 0.465. The smallest absolute Gasteiger partial charge is 0.320 e. The highest BCUT2D eigenvalue weighted by Gasteiger charge is 2.14. The van der Waals surface area contributed by atoms with Crippen molar-refractivity contribution < 1.29 is 9.53 Å². The molecular weight excluding hydrogens is 242 g/mol. The summed E-state index contributed by atoms with van der Waals surface area (Å²) < 4.78 is 5.62. The molecule has 100 valence electrons. The fraction of sp³-hybridized carbons (Fsp3) is 0.286. The molecule has 5 nitrogen and oxygen atoms in total. The maximum Gasteiger partial charge on any atom is 0.320 e. The first-order valence-electron chi connectivity index (χ1n) is 6.27. The van der Waals surface area contributed by atoms with Gasteiger partial charge < -0.3 is 10.5 Å². The number of nitrogens with two attached hydrogens (primary N) is 1. The minimum atomic E-state index is -0.521. The lowest BCUT2D eigenvalue weighted by molar-refractivity contribution is 0.254. The van der Waals surface area contributed by atoms with E-state index in [2.05, 4.69) is 4.98 Å². The average Bonchev–Trinajstić information content (AvgIpc) is 2.39. The van der Waals surface area contributed by atoms with Crippen molar-refractivity contribution in [3.8, 4) is 5.75 Å². The zero-order valence-corrected chi connectivity index (χ0v) is 11.1. The van der Waals surface area contributed by atoms with Crippen molar-refractivity contribution in [1.29, 1.82) is 0 Å². The molecule has 0 unspecified atom stereocenters. The highest BCUT2D eigenvalue weighted by Crippen LogP contribution is 2.28. The summed E-state index contributed by atoms with van der Waals surface area (Å²) in [6.07, 6.45) is 0. The molecule has 2 N–H and O–H groups in total. The first-order chi connectivity index (χ1) is 9.17. The van der Waals surface area contributed by atoms with Crippen LogP contribution in [0, 0.1) is 0 Å². The topological polar surface area (TPSA) is 68.5 Å². The molecule has 1 heterocycles. The van der Waals surface area contributed by atoms with Crippen molar-refractivity contribution in [3.05, 3.63) is 30.3 Å². The monoisotopic (exact) mass is 259 g/mol. The molecule has 1 aromatic heterocycles. The van der Waals surface area contributed by atoms with E-state index >= 15 is 0 Å². The molecule has 0 fully saturated rings. The van der Waals surface area contributed by atoms with Crippen LogP contribution in [0.5, 0.6) is 5.75 Å². The van der Waals surface area contributed by atoms with Gasteiger partial charge in [0.05, 0.1) is 12.1 Å². The maximum atomic E-state index is 11.4. The van der Waals surface area contributed by atoms with Crippen molar-refractivity contribution in [1.82, 2.24) is 4.98 Å². The summed E-state index contributed by atoms with van der Waals surface area (Å²) in [7, 11) is 0. The van der Waals surface area contributed by atoms with Crippen LogP contribution < -0.4 is 15.4 Å². The third kappa shape index (κ3) is 2.59. The number of hydrogen-bond donors (Lipinski definition) is 1. The Morgan fingerprint density at radius 3 is 2.74 bits per heavy atom. The van der Waals surface area contributed by atoms with Gasteiger partial charge in [-0.3, -0.25) is 4.90 Å². The lowest BCUT2D eigenvalue weighted by Crippen LogP contribution is -2.36. The Morgan fingerprint density at radius 2 is 2.11 bits per heavy atom. The summed E-state index contributed by atoms with van der Waals surface area (Å²) in [6.45, 7) is 4.78. The molecule has 0 bridgehead atoms. The molecule has 0 saturated carbocycles. The summed E-state index contributed by atoms with van der Waals surface area (Å²) in [4.78, 5) is 17.3. The van der Waals surface area contributed by atoms with Gasteiger partial charge in [0, 0.05) is 18.0 Å². The number of carbonyl (C=O) groups is 1. The Kier molecular flexibility index (Phi) is 3.85. The van der Waals surface area contributed by atoms with Crippen LogP contribution >= 0.6 is 0 Å². The van der Waals surface area contributed by atoms with E-state index in [1.807, 2.05) is 38.1 Å². The van der Waals surface area contributed by atoms with E-state index in [1.54, 1.807) is 6.07 Å². The molecule has 0 atom stereocenters. The highest BCUT2D eigenvalue weighted by molar-refractivity contribution is 5.93. The molecule has 1 aromatic carbocycles. The zero-order chi connectivity index (χ0) is 13.8. The summed E-state index contributed by atoms with van der Waals surface area (Å²) >= 11 is 0. The number of carbonyl (C=O) groups excluding carboxylic acids is 1. The fourth-order valence-corrected chi connectivity index (χ4v) is 1.97. The number of aromatic nitrogens is 1. The largest absolute Gasteiger partial charge is 0.493 e. The quantitative estimate of drug-likeness (QED) is 0.917. The van der Waals surface area contributed by atoms with Crippen molar-refractivity contribution in [2.75, 3.05) is 18.1 Å². The van der Waals surface area contributed by atoms with Gasteiger partial charge >= 0.3 is 6.03 Å². The standard InChI is InChI=1S/C14H17N3O2/c1-3-17(14(15)18)13-9-12(19-4-2)10-7-5-6-8-11(10)16-13/h5-9H,3-4H2,1-2H3,(H2,15,18). The van der Waals surface area contributed by atoms with Crippen LogP contribution in [0.4, 0.5) is 10.6 Å². The molecule has 0 radical (unpaired) electrons. The summed E-state index contributed by atoms with van der Waals surface area (Å²) in [5, 5.41) is 0.925. The normalized spacial score (nSPS) is 10.4. The van der Waals surface area contributed by atoms with E-state index in [0.717, 1.165) is 10.9 Å². The predicted molar refractivity (Wildman–Crippen MR) is 75.5 cm³/mol. The number of rotatable bonds is 4. The van der Waals surface area contributed by atoms with Crippen LogP contribution in [0.3, 0.4) is 0 Å². The molecule has 2 rings (SSSR count). The predicted octanol–water partition coefficient (Wildman–Crippen LogP) is 2.54. The van der Waals surface area contributed by atoms with Gasteiger partial charge in [-0.2, -0.15) is 0 Å². The van der Waals surface area contributed by atoms with Gasteiger partial charge in [0.15, 0.2) is 0 Å². The van der Waals surface area contributed by atoms with Crippen LogP contribution in [-0.4, -0.2) is 24.2 Å². The number of ether oxygens (including phenoxy) is 1. The number of anilines is 1. The summed E-state index contributed by atoms with van der Waals surface area (Å²) in [5.74, 6) is 1.22. The first-order valence-corrected chi connectivity index (χ1v) is 6.27.